The van der Waals surface area contributed by atoms with Gasteiger partial charge in [0.2, 0.25) is 0 Å². The second-order valence-corrected chi connectivity index (χ2v) is 7.77. The van der Waals surface area contributed by atoms with Crippen molar-refractivity contribution in [2.24, 2.45) is 0 Å². The van der Waals surface area contributed by atoms with E-state index in [0.29, 0.717) is 42.1 Å². The average Bonchev–Trinajstić information content (AvgIpc) is 2.94. The average molecular weight is 416 g/mol. The number of carbonyl (C=O) groups excluding carboxylic acids is 3. The molecule has 2 aliphatic rings. The number of likely N-dealkylation sites (tertiary alicyclic amines) is 1. The lowest BCUT2D eigenvalue weighted by molar-refractivity contribution is -0.133. The van der Waals surface area contributed by atoms with Crippen molar-refractivity contribution in [3.05, 3.63) is 70.5 Å². The molecule has 0 radical (unpaired) electrons. The number of benzene rings is 2. The quantitative estimate of drug-likeness (QED) is 0.782. The molecule has 4 amide bonds. The van der Waals surface area contributed by atoms with E-state index in [-0.39, 0.29) is 24.2 Å². The molecule has 2 aliphatic heterocycles. The van der Waals surface area contributed by atoms with Crippen LogP contribution < -0.4 is 5.32 Å². The van der Waals surface area contributed by atoms with Crippen molar-refractivity contribution in [2.45, 2.75) is 24.9 Å². The summed E-state index contributed by atoms with van der Waals surface area (Å²) >= 11 is 5.87. The summed E-state index contributed by atoms with van der Waals surface area (Å²) in [4.78, 5) is 40.9. The normalized spacial score (nSPS) is 18.3. The molecule has 29 heavy (non-hydrogen) atoms. The van der Waals surface area contributed by atoms with E-state index in [9.17, 15) is 18.8 Å². The van der Waals surface area contributed by atoms with Crippen molar-refractivity contribution in [3.8, 4) is 0 Å². The number of hydrogen-bond acceptors (Lipinski definition) is 3. The zero-order chi connectivity index (χ0) is 20.6. The molecular weight excluding hydrogens is 397 g/mol. The Labute approximate surface area is 172 Å². The maximum atomic E-state index is 13.1. The summed E-state index contributed by atoms with van der Waals surface area (Å²) in [5.74, 6) is -0.804. The van der Waals surface area contributed by atoms with Gasteiger partial charge < -0.3 is 10.2 Å². The van der Waals surface area contributed by atoms with Crippen LogP contribution in [0.4, 0.5) is 9.18 Å². The maximum Gasteiger partial charge on any atom is 0.325 e. The molecule has 6 nitrogen and oxygen atoms in total. The van der Waals surface area contributed by atoms with Crippen LogP contribution in [0.2, 0.25) is 5.02 Å². The summed E-state index contributed by atoms with van der Waals surface area (Å²) in [6.45, 7) is 0.801. The van der Waals surface area contributed by atoms with Gasteiger partial charge in [0.05, 0.1) is 6.54 Å². The van der Waals surface area contributed by atoms with E-state index in [0.717, 1.165) is 4.90 Å². The predicted molar refractivity (Wildman–Crippen MR) is 105 cm³/mol. The number of rotatable bonds is 3. The smallest absolute Gasteiger partial charge is 0.325 e. The topological polar surface area (TPSA) is 69.7 Å². The van der Waals surface area contributed by atoms with E-state index < -0.39 is 11.6 Å². The Morgan fingerprint density at radius 3 is 2.28 bits per heavy atom. The fourth-order valence-corrected chi connectivity index (χ4v) is 3.92. The first-order chi connectivity index (χ1) is 13.9. The molecule has 2 saturated heterocycles. The Kier molecular flexibility index (Phi) is 5.00. The van der Waals surface area contributed by atoms with Crippen LogP contribution in [-0.4, -0.2) is 46.3 Å². The number of piperidine rings is 1. The first kappa shape index (κ1) is 19.4. The molecule has 1 N–H and O–H groups in total. The van der Waals surface area contributed by atoms with Gasteiger partial charge in [0.1, 0.15) is 11.4 Å². The summed E-state index contributed by atoms with van der Waals surface area (Å²) in [7, 11) is 0. The molecule has 8 heteroatoms. The van der Waals surface area contributed by atoms with Gasteiger partial charge in [0, 0.05) is 23.7 Å². The minimum atomic E-state index is -0.992. The second-order valence-electron chi connectivity index (χ2n) is 7.33. The highest BCUT2D eigenvalue weighted by Gasteiger charge is 2.52. The number of imide groups is 1. The van der Waals surface area contributed by atoms with Gasteiger partial charge in [-0.25, -0.2) is 9.18 Å². The Bertz CT molecular complexity index is 954. The van der Waals surface area contributed by atoms with Crippen molar-refractivity contribution in [3.63, 3.8) is 0 Å². The molecule has 2 aromatic rings. The molecule has 150 valence electrons. The molecule has 0 aliphatic carbocycles. The van der Waals surface area contributed by atoms with Gasteiger partial charge in [-0.3, -0.25) is 14.5 Å². The SMILES string of the molecule is O=C(c1ccc(Cl)cc1)N1CCC2(CC1)NC(=O)N(Cc1ccc(F)cc1)C2=O. The van der Waals surface area contributed by atoms with Gasteiger partial charge in [0.15, 0.2) is 0 Å². The van der Waals surface area contributed by atoms with Crippen LogP contribution in [0.5, 0.6) is 0 Å². The maximum absolute atomic E-state index is 13.1. The summed E-state index contributed by atoms with van der Waals surface area (Å²) in [5, 5.41) is 3.37. The summed E-state index contributed by atoms with van der Waals surface area (Å²) < 4.78 is 13.1. The van der Waals surface area contributed by atoms with Crippen molar-refractivity contribution >= 4 is 29.4 Å². The van der Waals surface area contributed by atoms with Gasteiger partial charge in [-0.2, -0.15) is 0 Å². The third-order valence-electron chi connectivity index (χ3n) is 5.50. The van der Waals surface area contributed by atoms with Crippen LogP contribution in [0.25, 0.3) is 0 Å². The molecular formula is C21H19ClFN3O3. The van der Waals surface area contributed by atoms with Gasteiger partial charge >= 0.3 is 6.03 Å². The fraction of sp³-hybridized carbons (Fsp3) is 0.286. The van der Waals surface area contributed by atoms with E-state index in [2.05, 4.69) is 5.32 Å². The molecule has 0 aromatic heterocycles. The standard InChI is InChI=1S/C21H19ClFN3O3/c22-16-5-3-15(4-6-16)18(27)25-11-9-21(10-12-25)19(28)26(20(29)24-21)13-14-1-7-17(23)8-2-14/h1-8H,9-13H2,(H,24,29). The van der Waals surface area contributed by atoms with Crippen LogP contribution in [0, 0.1) is 5.82 Å². The number of halogens is 2. The number of nitrogens with one attached hydrogen (secondary N) is 1. The predicted octanol–water partition coefficient (Wildman–Crippen LogP) is 3.21. The second kappa shape index (κ2) is 7.48. The zero-order valence-corrected chi connectivity index (χ0v) is 16.3. The first-order valence-corrected chi connectivity index (χ1v) is 9.69. The Balaban J connectivity index is 1.43. The minimum absolute atomic E-state index is 0.0834. The van der Waals surface area contributed by atoms with E-state index in [1.807, 2.05) is 0 Å². The fourth-order valence-electron chi connectivity index (χ4n) is 3.80. The number of amides is 4. The Hall–Kier alpha value is -2.93. The third-order valence-corrected chi connectivity index (χ3v) is 5.75. The molecule has 0 bridgehead atoms. The van der Waals surface area contributed by atoms with Gasteiger partial charge in [0.25, 0.3) is 11.8 Å². The molecule has 2 aromatic carbocycles. The number of hydrogen-bond donors (Lipinski definition) is 1. The number of nitrogens with zero attached hydrogens (tertiary/aromatic N) is 2. The van der Waals surface area contributed by atoms with Crippen molar-refractivity contribution in [2.75, 3.05) is 13.1 Å². The van der Waals surface area contributed by atoms with Crippen LogP contribution in [-0.2, 0) is 11.3 Å². The Morgan fingerprint density at radius 2 is 1.66 bits per heavy atom. The number of urea groups is 1. The van der Waals surface area contributed by atoms with Gasteiger partial charge in [-0.15, -0.1) is 0 Å². The highest BCUT2D eigenvalue weighted by molar-refractivity contribution is 6.30. The van der Waals surface area contributed by atoms with E-state index >= 15 is 0 Å². The highest BCUT2D eigenvalue weighted by Crippen LogP contribution is 2.31. The monoisotopic (exact) mass is 415 g/mol. The molecule has 1 spiro atoms. The number of carbonyl (C=O) groups is 3. The third kappa shape index (κ3) is 3.70. The van der Waals surface area contributed by atoms with Crippen LogP contribution >= 0.6 is 11.6 Å². The van der Waals surface area contributed by atoms with E-state index in [1.165, 1.54) is 12.1 Å². The summed E-state index contributed by atoms with van der Waals surface area (Å²) in [6.07, 6.45) is 0.688. The molecule has 2 fully saturated rings. The van der Waals surface area contributed by atoms with Crippen LogP contribution in [0.15, 0.2) is 48.5 Å². The lowest BCUT2D eigenvalue weighted by Gasteiger charge is -2.37. The summed E-state index contributed by atoms with van der Waals surface area (Å²) in [6, 6.07) is 11.9. The summed E-state index contributed by atoms with van der Waals surface area (Å²) in [5.41, 5.74) is 0.209. The lowest BCUT2D eigenvalue weighted by atomic mass is 9.87. The minimum Gasteiger partial charge on any atom is -0.338 e. The molecule has 0 saturated carbocycles. The van der Waals surface area contributed by atoms with Gasteiger partial charge in [-0.1, -0.05) is 23.7 Å². The molecule has 0 unspecified atom stereocenters. The lowest BCUT2D eigenvalue weighted by Crippen LogP contribution is -2.55. The largest absolute Gasteiger partial charge is 0.338 e. The van der Waals surface area contributed by atoms with E-state index in [1.54, 1.807) is 41.3 Å². The highest BCUT2D eigenvalue weighted by atomic mass is 35.5. The van der Waals surface area contributed by atoms with E-state index in [4.69, 9.17) is 11.6 Å². The van der Waals surface area contributed by atoms with Crippen molar-refractivity contribution < 1.29 is 18.8 Å². The first-order valence-electron chi connectivity index (χ1n) is 9.31. The Morgan fingerprint density at radius 1 is 1.03 bits per heavy atom. The van der Waals surface area contributed by atoms with Crippen LogP contribution in [0.3, 0.4) is 0 Å². The molecule has 0 atom stereocenters. The van der Waals surface area contributed by atoms with Crippen molar-refractivity contribution in [1.29, 1.82) is 0 Å². The van der Waals surface area contributed by atoms with Crippen molar-refractivity contribution in [1.82, 2.24) is 15.1 Å². The van der Waals surface area contributed by atoms with Gasteiger partial charge in [-0.05, 0) is 54.8 Å². The van der Waals surface area contributed by atoms with Crippen LogP contribution in [0.1, 0.15) is 28.8 Å². The zero-order valence-electron chi connectivity index (χ0n) is 15.5. The molecule has 2 heterocycles. The molecule has 4 rings (SSSR count).